The molecule has 1 rings (SSSR count). The molecule has 1 radical (unpaired) electrons. The number of hydrogen-bond donors (Lipinski definition) is 0. The normalized spacial score (nSPS) is 29.6. The van der Waals surface area contributed by atoms with Crippen LogP contribution in [0.5, 0.6) is 0 Å². The third-order valence-electron chi connectivity index (χ3n) is 1.10. The van der Waals surface area contributed by atoms with Gasteiger partial charge < -0.3 is 9.47 Å². The highest BCUT2D eigenvalue weighted by Crippen LogP contribution is 2.09. The Kier molecular flexibility index (Phi) is 1.65. The molecular weight excluding hydrogens is 92.1 g/mol. The number of ether oxygens (including phenoxy) is 2. The van der Waals surface area contributed by atoms with E-state index in [1.165, 1.54) is 0 Å². The minimum Gasteiger partial charge on any atom is -0.376 e. The molecule has 0 saturated carbocycles. The van der Waals surface area contributed by atoms with E-state index in [9.17, 15) is 0 Å². The fraction of sp³-hybridized carbons (Fsp3) is 0.800. The van der Waals surface area contributed by atoms with Gasteiger partial charge in [-0.05, 0) is 6.42 Å². The smallest absolute Gasteiger partial charge is 0.0830 e. The van der Waals surface area contributed by atoms with Gasteiger partial charge in [-0.1, -0.05) is 0 Å². The van der Waals surface area contributed by atoms with Crippen LogP contribution in [0.4, 0.5) is 0 Å². The second-order valence-electron chi connectivity index (χ2n) is 1.65. The molecule has 1 heterocycles. The minimum absolute atomic E-state index is 0.345. The first kappa shape index (κ1) is 5.06. The summed E-state index contributed by atoms with van der Waals surface area (Å²) in [6, 6.07) is 0. The van der Waals surface area contributed by atoms with E-state index in [-0.39, 0.29) is 0 Å². The van der Waals surface area contributed by atoms with Crippen LogP contribution in [0.2, 0.25) is 0 Å². The van der Waals surface area contributed by atoms with Gasteiger partial charge in [0.1, 0.15) is 0 Å². The van der Waals surface area contributed by atoms with Crippen molar-refractivity contribution in [1.29, 1.82) is 0 Å². The SMILES string of the molecule is [CH2]OCC1CCO1. The van der Waals surface area contributed by atoms with Crippen molar-refractivity contribution < 1.29 is 9.47 Å². The summed E-state index contributed by atoms with van der Waals surface area (Å²) < 4.78 is 9.58. The molecule has 0 aromatic rings. The van der Waals surface area contributed by atoms with Crippen LogP contribution in [-0.4, -0.2) is 19.3 Å². The summed E-state index contributed by atoms with van der Waals surface area (Å²) in [6.07, 6.45) is 1.48. The van der Waals surface area contributed by atoms with E-state index in [4.69, 9.17) is 4.74 Å². The Balaban J connectivity index is 1.93. The third kappa shape index (κ3) is 1.14. The van der Waals surface area contributed by atoms with Crippen LogP contribution < -0.4 is 0 Å². The van der Waals surface area contributed by atoms with E-state index in [1.807, 2.05) is 0 Å². The lowest BCUT2D eigenvalue weighted by atomic mass is 10.2. The van der Waals surface area contributed by atoms with Gasteiger partial charge in [0.2, 0.25) is 0 Å². The molecule has 41 valence electrons. The van der Waals surface area contributed by atoms with Gasteiger partial charge in [-0.15, -0.1) is 0 Å². The van der Waals surface area contributed by atoms with Gasteiger partial charge in [-0.3, -0.25) is 0 Å². The molecule has 0 spiro atoms. The topological polar surface area (TPSA) is 18.5 Å². The first-order valence-electron chi connectivity index (χ1n) is 2.42. The molecule has 2 heteroatoms. The Morgan fingerprint density at radius 1 is 1.86 bits per heavy atom. The molecular formula is C5H9O2. The molecule has 7 heavy (non-hydrogen) atoms. The summed E-state index contributed by atoms with van der Waals surface area (Å²) >= 11 is 0. The Labute approximate surface area is 43.4 Å². The van der Waals surface area contributed by atoms with E-state index in [0.717, 1.165) is 13.0 Å². The second kappa shape index (κ2) is 2.28. The molecule has 0 aromatic carbocycles. The van der Waals surface area contributed by atoms with Crippen LogP contribution in [0.25, 0.3) is 0 Å². The van der Waals surface area contributed by atoms with Gasteiger partial charge in [0.05, 0.1) is 19.8 Å². The van der Waals surface area contributed by atoms with Crippen molar-refractivity contribution in [3.63, 3.8) is 0 Å². The molecule has 1 aliphatic heterocycles. The fourth-order valence-electron chi connectivity index (χ4n) is 0.547. The summed E-state index contributed by atoms with van der Waals surface area (Å²) in [5.41, 5.74) is 0. The van der Waals surface area contributed by atoms with Gasteiger partial charge in [0, 0.05) is 6.61 Å². The molecule has 0 aromatic heterocycles. The van der Waals surface area contributed by atoms with E-state index < -0.39 is 0 Å². The van der Waals surface area contributed by atoms with Gasteiger partial charge in [-0.25, -0.2) is 0 Å². The maximum atomic E-state index is 5.01. The quantitative estimate of drug-likeness (QED) is 0.506. The van der Waals surface area contributed by atoms with Crippen molar-refractivity contribution in [2.24, 2.45) is 0 Å². The lowest BCUT2D eigenvalue weighted by Gasteiger charge is -2.24. The van der Waals surface area contributed by atoms with Gasteiger partial charge >= 0.3 is 0 Å². The highest BCUT2D eigenvalue weighted by molar-refractivity contribution is 4.64. The number of hydrogen-bond acceptors (Lipinski definition) is 2. The molecule has 2 nitrogen and oxygen atoms in total. The van der Waals surface area contributed by atoms with E-state index in [2.05, 4.69) is 11.8 Å². The van der Waals surface area contributed by atoms with Crippen molar-refractivity contribution in [1.82, 2.24) is 0 Å². The summed E-state index contributed by atoms with van der Waals surface area (Å²) in [6.45, 7) is 1.55. The molecule has 1 saturated heterocycles. The fourth-order valence-corrected chi connectivity index (χ4v) is 0.547. The first-order chi connectivity index (χ1) is 3.43. The largest absolute Gasteiger partial charge is 0.376 e. The van der Waals surface area contributed by atoms with Gasteiger partial charge in [0.15, 0.2) is 0 Å². The second-order valence-corrected chi connectivity index (χ2v) is 1.65. The summed E-state index contributed by atoms with van der Waals surface area (Å²) in [4.78, 5) is 0. The van der Waals surface area contributed by atoms with Crippen LogP contribution in [0.15, 0.2) is 0 Å². The molecule has 0 aliphatic carbocycles. The average molecular weight is 101 g/mol. The van der Waals surface area contributed by atoms with Crippen molar-refractivity contribution in [3.05, 3.63) is 7.11 Å². The monoisotopic (exact) mass is 101 g/mol. The maximum absolute atomic E-state index is 5.01. The van der Waals surface area contributed by atoms with Gasteiger partial charge in [0.25, 0.3) is 0 Å². The Morgan fingerprint density at radius 2 is 2.57 bits per heavy atom. The summed E-state index contributed by atoms with van der Waals surface area (Å²) in [5.74, 6) is 0. The van der Waals surface area contributed by atoms with Crippen molar-refractivity contribution in [2.75, 3.05) is 13.2 Å². The van der Waals surface area contributed by atoms with Gasteiger partial charge in [-0.2, -0.15) is 0 Å². The van der Waals surface area contributed by atoms with Crippen molar-refractivity contribution in [2.45, 2.75) is 12.5 Å². The van der Waals surface area contributed by atoms with Crippen LogP contribution in [-0.2, 0) is 9.47 Å². The zero-order valence-corrected chi connectivity index (χ0v) is 4.22. The standard InChI is InChI=1S/C5H9O2/c1-6-4-5-2-3-7-5/h5H,1-4H2. The molecule has 0 N–H and O–H groups in total. The first-order valence-corrected chi connectivity index (χ1v) is 2.42. The van der Waals surface area contributed by atoms with Crippen LogP contribution in [0.3, 0.4) is 0 Å². The third-order valence-corrected chi connectivity index (χ3v) is 1.10. The molecule has 0 amide bonds. The average Bonchev–Trinajstić information content (AvgIpc) is 1.55. The maximum Gasteiger partial charge on any atom is 0.0830 e. The van der Waals surface area contributed by atoms with Crippen LogP contribution in [0.1, 0.15) is 6.42 Å². The summed E-state index contributed by atoms with van der Waals surface area (Å²) in [7, 11) is 3.23. The molecule has 1 unspecified atom stereocenters. The summed E-state index contributed by atoms with van der Waals surface area (Å²) in [5, 5.41) is 0. The van der Waals surface area contributed by atoms with E-state index >= 15 is 0 Å². The molecule has 1 fully saturated rings. The minimum atomic E-state index is 0.345. The van der Waals surface area contributed by atoms with Crippen molar-refractivity contribution in [3.8, 4) is 0 Å². The van der Waals surface area contributed by atoms with Crippen LogP contribution in [0, 0.1) is 7.11 Å². The molecule has 1 aliphatic rings. The highest BCUT2D eigenvalue weighted by Gasteiger charge is 2.16. The van der Waals surface area contributed by atoms with E-state index in [0.29, 0.717) is 12.7 Å². The van der Waals surface area contributed by atoms with Crippen molar-refractivity contribution >= 4 is 0 Å². The Morgan fingerprint density at radius 3 is 2.71 bits per heavy atom. The lowest BCUT2D eigenvalue weighted by molar-refractivity contribution is -0.0806. The zero-order valence-electron chi connectivity index (χ0n) is 4.22. The predicted octanol–water partition coefficient (Wildman–Crippen LogP) is 0.583. The van der Waals surface area contributed by atoms with E-state index in [1.54, 1.807) is 0 Å². The Bertz CT molecular complexity index is 50.0. The van der Waals surface area contributed by atoms with Crippen LogP contribution >= 0.6 is 0 Å². The zero-order chi connectivity index (χ0) is 5.11. The predicted molar refractivity (Wildman–Crippen MR) is 25.7 cm³/mol. The molecule has 0 bridgehead atoms. The number of rotatable bonds is 2. The highest BCUT2D eigenvalue weighted by atomic mass is 16.5. The Hall–Kier alpha value is -0.0800. The molecule has 1 atom stereocenters. The lowest BCUT2D eigenvalue weighted by Crippen LogP contribution is -2.30.